The fraction of sp³-hybridized carbons (Fsp3) is 0.500. The lowest BCUT2D eigenvalue weighted by Crippen LogP contribution is -2.34. The van der Waals surface area contributed by atoms with E-state index in [0.29, 0.717) is 11.6 Å². The Morgan fingerprint density at radius 2 is 2.11 bits per heavy atom. The van der Waals surface area contributed by atoms with Gasteiger partial charge >= 0.3 is 5.97 Å². The molecule has 1 aliphatic rings. The molecule has 0 bridgehead atoms. The van der Waals surface area contributed by atoms with Crippen LogP contribution in [0.1, 0.15) is 36.5 Å². The smallest absolute Gasteiger partial charge is 0.340 e. The quantitative estimate of drug-likeness (QED) is 0.897. The second kappa shape index (κ2) is 5.38. The van der Waals surface area contributed by atoms with E-state index in [0.717, 1.165) is 32.4 Å². The van der Waals surface area contributed by atoms with Crippen molar-refractivity contribution in [2.45, 2.75) is 26.2 Å². The number of halogens is 1. The van der Waals surface area contributed by atoms with Crippen molar-refractivity contribution in [3.8, 4) is 0 Å². The van der Waals surface area contributed by atoms with Gasteiger partial charge in [0.25, 0.3) is 0 Å². The Bertz CT molecular complexity index is 439. The number of rotatable bonds is 3. The molecule has 0 aliphatic carbocycles. The average Bonchev–Trinajstić information content (AvgIpc) is 2.38. The molecule has 0 spiro atoms. The molecule has 2 rings (SSSR count). The molecule has 0 atom stereocenters. The number of anilines is 1. The van der Waals surface area contributed by atoms with E-state index in [1.807, 2.05) is 4.90 Å². The van der Waals surface area contributed by atoms with Crippen LogP contribution in [-0.2, 0) is 0 Å². The Balaban J connectivity index is 2.24. The average molecular weight is 251 g/mol. The molecule has 18 heavy (non-hydrogen) atoms. The van der Waals surface area contributed by atoms with Crippen molar-refractivity contribution >= 4 is 11.7 Å². The minimum atomic E-state index is -1.19. The molecule has 1 heterocycles. The number of carbonyl (C=O) groups is 1. The lowest BCUT2D eigenvalue weighted by atomic mass is 9.93. The normalized spacial score (nSPS) is 16.9. The minimum Gasteiger partial charge on any atom is -0.478 e. The third-order valence-corrected chi connectivity index (χ3v) is 3.74. The number of aromatic carboxylic acids is 1. The topological polar surface area (TPSA) is 40.5 Å². The van der Waals surface area contributed by atoms with Gasteiger partial charge < -0.3 is 10.0 Å². The summed E-state index contributed by atoms with van der Waals surface area (Å²) in [7, 11) is 0. The molecule has 1 N–H and O–H groups in total. The fourth-order valence-corrected chi connectivity index (χ4v) is 2.57. The van der Waals surface area contributed by atoms with Gasteiger partial charge in [-0.25, -0.2) is 9.18 Å². The Labute approximate surface area is 106 Å². The first-order valence-corrected chi connectivity index (χ1v) is 6.40. The monoisotopic (exact) mass is 251 g/mol. The summed E-state index contributed by atoms with van der Waals surface area (Å²) in [5.74, 6) is -1.14. The van der Waals surface area contributed by atoms with Crippen LogP contribution in [0.5, 0.6) is 0 Å². The molecule has 4 heteroatoms. The molecule has 1 aromatic carbocycles. The van der Waals surface area contributed by atoms with Gasteiger partial charge in [0.2, 0.25) is 0 Å². The molecule has 3 nitrogen and oxygen atoms in total. The molecule has 0 radical (unpaired) electrons. The number of hydrogen-bond donors (Lipinski definition) is 1. The van der Waals surface area contributed by atoms with Gasteiger partial charge in [-0.2, -0.15) is 0 Å². The van der Waals surface area contributed by atoms with Crippen LogP contribution < -0.4 is 4.90 Å². The van der Waals surface area contributed by atoms with Crippen molar-refractivity contribution in [1.82, 2.24) is 0 Å². The van der Waals surface area contributed by atoms with Crippen molar-refractivity contribution in [1.29, 1.82) is 0 Å². The Morgan fingerprint density at radius 3 is 2.67 bits per heavy atom. The summed E-state index contributed by atoms with van der Waals surface area (Å²) in [5, 5.41) is 9.11. The summed E-state index contributed by atoms with van der Waals surface area (Å²) in [6.45, 7) is 3.79. The second-order valence-corrected chi connectivity index (χ2v) is 4.78. The van der Waals surface area contributed by atoms with Gasteiger partial charge in [0, 0.05) is 13.1 Å². The summed E-state index contributed by atoms with van der Waals surface area (Å²) in [5.41, 5.74) is 0.310. The molecule has 1 saturated heterocycles. The highest BCUT2D eigenvalue weighted by molar-refractivity contribution is 5.94. The van der Waals surface area contributed by atoms with Gasteiger partial charge in [-0.15, -0.1) is 0 Å². The third kappa shape index (κ3) is 2.47. The number of piperidine rings is 1. The lowest BCUT2D eigenvalue weighted by molar-refractivity contribution is 0.0692. The summed E-state index contributed by atoms with van der Waals surface area (Å²) >= 11 is 0. The fourth-order valence-electron chi connectivity index (χ4n) is 2.57. The molecule has 0 amide bonds. The summed E-state index contributed by atoms with van der Waals surface area (Å²) in [6.07, 6.45) is 3.25. The SMILES string of the molecule is CCC1CCN(c2cccc(F)c2C(=O)O)CC1. The molecule has 0 saturated carbocycles. The molecule has 1 fully saturated rings. The van der Waals surface area contributed by atoms with E-state index in [-0.39, 0.29) is 5.56 Å². The maximum absolute atomic E-state index is 13.6. The summed E-state index contributed by atoms with van der Waals surface area (Å²) < 4.78 is 13.6. The van der Waals surface area contributed by atoms with Gasteiger partial charge in [-0.05, 0) is 30.9 Å². The van der Waals surface area contributed by atoms with E-state index in [9.17, 15) is 9.18 Å². The van der Waals surface area contributed by atoms with Crippen LogP contribution >= 0.6 is 0 Å². The van der Waals surface area contributed by atoms with Gasteiger partial charge in [-0.3, -0.25) is 0 Å². The molecule has 98 valence electrons. The predicted molar refractivity (Wildman–Crippen MR) is 68.6 cm³/mol. The maximum Gasteiger partial charge on any atom is 0.340 e. The van der Waals surface area contributed by atoms with E-state index in [4.69, 9.17) is 5.11 Å². The van der Waals surface area contributed by atoms with Gasteiger partial charge in [-0.1, -0.05) is 19.4 Å². The van der Waals surface area contributed by atoms with Crippen molar-refractivity contribution in [3.63, 3.8) is 0 Å². The Kier molecular flexibility index (Phi) is 3.84. The van der Waals surface area contributed by atoms with Crippen LogP contribution in [0.25, 0.3) is 0 Å². The van der Waals surface area contributed by atoms with Crippen LogP contribution in [0.3, 0.4) is 0 Å². The molecule has 0 unspecified atom stereocenters. The van der Waals surface area contributed by atoms with Crippen molar-refractivity contribution in [2.75, 3.05) is 18.0 Å². The largest absolute Gasteiger partial charge is 0.478 e. The van der Waals surface area contributed by atoms with Gasteiger partial charge in [0.1, 0.15) is 11.4 Å². The van der Waals surface area contributed by atoms with Crippen molar-refractivity contribution < 1.29 is 14.3 Å². The third-order valence-electron chi connectivity index (χ3n) is 3.74. The standard InChI is InChI=1S/C14H18FNO2/c1-2-10-6-8-16(9-7-10)12-5-3-4-11(15)13(12)14(17)18/h3-5,10H,2,6-9H2,1H3,(H,17,18). The Hall–Kier alpha value is -1.58. The highest BCUT2D eigenvalue weighted by atomic mass is 19.1. The van der Waals surface area contributed by atoms with Crippen LogP contribution in [0, 0.1) is 11.7 Å². The van der Waals surface area contributed by atoms with E-state index in [1.165, 1.54) is 6.07 Å². The van der Waals surface area contributed by atoms with Gasteiger partial charge in [0.05, 0.1) is 5.69 Å². The minimum absolute atomic E-state index is 0.201. The first kappa shape index (κ1) is 12.9. The van der Waals surface area contributed by atoms with E-state index < -0.39 is 11.8 Å². The van der Waals surface area contributed by atoms with Gasteiger partial charge in [0.15, 0.2) is 0 Å². The second-order valence-electron chi connectivity index (χ2n) is 4.78. The first-order chi connectivity index (χ1) is 8.63. The molecular weight excluding hydrogens is 233 g/mol. The van der Waals surface area contributed by atoms with E-state index in [1.54, 1.807) is 12.1 Å². The van der Waals surface area contributed by atoms with Crippen molar-refractivity contribution in [2.24, 2.45) is 5.92 Å². The van der Waals surface area contributed by atoms with Crippen molar-refractivity contribution in [3.05, 3.63) is 29.6 Å². The number of hydrogen-bond acceptors (Lipinski definition) is 2. The maximum atomic E-state index is 13.6. The first-order valence-electron chi connectivity index (χ1n) is 6.40. The highest BCUT2D eigenvalue weighted by Gasteiger charge is 2.23. The number of carboxylic acid groups (broad SMARTS) is 1. The molecular formula is C14H18FNO2. The van der Waals surface area contributed by atoms with Crippen LogP contribution in [0.2, 0.25) is 0 Å². The Morgan fingerprint density at radius 1 is 1.44 bits per heavy atom. The molecule has 1 aliphatic heterocycles. The zero-order chi connectivity index (χ0) is 13.1. The predicted octanol–water partition coefficient (Wildman–Crippen LogP) is 3.15. The van der Waals surface area contributed by atoms with E-state index >= 15 is 0 Å². The summed E-state index contributed by atoms with van der Waals surface area (Å²) in [4.78, 5) is 13.1. The van der Waals surface area contributed by atoms with Crippen LogP contribution in [-0.4, -0.2) is 24.2 Å². The summed E-state index contributed by atoms with van der Waals surface area (Å²) in [6, 6.07) is 4.47. The van der Waals surface area contributed by atoms with E-state index in [2.05, 4.69) is 6.92 Å². The van der Waals surface area contributed by atoms with Crippen LogP contribution in [0.15, 0.2) is 18.2 Å². The molecule has 1 aromatic rings. The zero-order valence-electron chi connectivity index (χ0n) is 10.5. The number of carboxylic acids is 1. The number of nitrogens with zero attached hydrogens (tertiary/aromatic N) is 1. The number of benzene rings is 1. The zero-order valence-corrected chi connectivity index (χ0v) is 10.5. The molecule has 0 aromatic heterocycles. The highest BCUT2D eigenvalue weighted by Crippen LogP contribution is 2.28. The lowest BCUT2D eigenvalue weighted by Gasteiger charge is -2.34. The van der Waals surface area contributed by atoms with Crippen LogP contribution in [0.4, 0.5) is 10.1 Å².